The number of amides is 2. The van der Waals surface area contributed by atoms with Crippen LogP contribution in [0.5, 0.6) is 5.75 Å². The Bertz CT molecular complexity index is 669. The fraction of sp³-hybridized carbons (Fsp3) is 0. The monoisotopic (exact) mass is 215 g/mol. The number of H-pyrrole nitrogens is 1. The topological polar surface area (TPSA) is 94.9 Å². The molecule has 2 aromatic rings. The van der Waals surface area contributed by atoms with Crippen LogP contribution in [-0.4, -0.2) is 21.9 Å². The average molecular weight is 215 g/mol. The van der Waals surface area contributed by atoms with E-state index in [9.17, 15) is 14.7 Å². The summed E-state index contributed by atoms with van der Waals surface area (Å²) in [5, 5.41) is 16.3. The fourth-order valence-corrected chi connectivity index (χ4v) is 1.76. The molecule has 1 aliphatic heterocycles. The molecule has 6 heteroatoms. The van der Waals surface area contributed by atoms with Crippen molar-refractivity contribution in [2.45, 2.75) is 0 Å². The van der Waals surface area contributed by atoms with Crippen LogP contribution in [0, 0.1) is 0 Å². The van der Waals surface area contributed by atoms with E-state index in [1.807, 2.05) is 0 Å². The van der Waals surface area contributed by atoms with Gasteiger partial charge in [-0.25, -0.2) is 0 Å². The first-order valence-corrected chi connectivity index (χ1v) is 4.52. The fourth-order valence-electron chi connectivity index (χ4n) is 1.76. The molecule has 0 saturated carbocycles. The first-order valence-electron chi connectivity index (χ1n) is 4.52. The van der Waals surface area contributed by atoms with Crippen LogP contribution < -0.4 is 0 Å². The van der Waals surface area contributed by atoms with Crippen molar-refractivity contribution in [1.29, 1.82) is 0 Å². The normalized spacial score (nSPS) is 14.5. The smallest absolute Gasteiger partial charge is 0.312 e. The van der Waals surface area contributed by atoms with Crippen molar-refractivity contribution >= 4 is 22.7 Å². The van der Waals surface area contributed by atoms with Crippen LogP contribution >= 0.6 is 0 Å². The molecule has 0 spiro atoms. The van der Waals surface area contributed by atoms with Gasteiger partial charge in [0, 0.05) is 11.5 Å². The summed E-state index contributed by atoms with van der Waals surface area (Å²) in [6, 6.07) is 4.44. The Kier molecular flexibility index (Phi) is 1.51. The van der Waals surface area contributed by atoms with E-state index in [2.05, 4.69) is 15.2 Å². The number of azo groups is 1. The minimum Gasteiger partial charge on any atom is -0.508 e. The number of aromatic hydroxyl groups is 1. The number of phenolic OH excluding ortho intramolecular Hbond substituents is 1. The minimum absolute atomic E-state index is 0.0554. The number of hydrogen-bond donors (Lipinski definition) is 2. The van der Waals surface area contributed by atoms with Crippen molar-refractivity contribution < 1.29 is 14.7 Å². The number of hydrogen-bond acceptors (Lipinski definition) is 3. The molecule has 1 aliphatic rings. The van der Waals surface area contributed by atoms with Crippen LogP contribution in [0.1, 0.15) is 20.8 Å². The zero-order valence-corrected chi connectivity index (χ0v) is 7.89. The van der Waals surface area contributed by atoms with Crippen LogP contribution in [0.4, 0.5) is 0 Å². The standard InChI is InChI=1S/C10H5N3O3/c14-4-1-2-5-6(3-4)11-8-7(5)9(15)12-13-10(8)16/h1-3,11,14H. The number of carbonyl (C=O) groups excluding carboxylic acids is 2. The Hall–Kier alpha value is -2.50. The molecular weight excluding hydrogens is 210 g/mol. The highest BCUT2D eigenvalue weighted by Gasteiger charge is 2.26. The molecule has 0 bridgehead atoms. The Morgan fingerprint density at radius 3 is 2.69 bits per heavy atom. The molecule has 0 fully saturated rings. The summed E-state index contributed by atoms with van der Waals surface area (Å²) < 4.78 is 0. The predicted octanol–water partition coefficient (Wildman–Crippen LogP) is 1.62. The van der Waals surface area contributed by atoms with Gasteiger partial charge < -0.3 is 10.1 Å². The average Bonchev–Trinajstić information content (AvgIpc) is 2.63. The number of nitrogens with one attached hydrogen (secondary N) is 1. The van der Waals surface area contributed by atoms with Crippen molar-refractivity contribution in [3.8, 4) is 5.75 Å². The molecule has 0 radical (unpaired) electrons. The summed E-state index contributed by atoms with van der Waals surface area (Å²) in [4.78, 5) is 25.6. The molecule has 6 nitrogen and oxygen atoms in total. The van der Waals surface area contributed by atoms with Gasteiger partial charge >= 0.3 is 5.91 Å². The highest BCUT2D eigenvalue weighted by Crippen LogP contribution is 2.28. The van der Waals surface area contributed by atoms with Gasteiger partial charge in [-0.3, -0.25) is 9.59 Å². The number of benzene rings is 1. The number of aromatic amines is 1. The number of rotatable bonds is 0. The highest BCUT2D eigenvalue weighted by atomic mass is 16.3. The maximum Gasteiger partial charge on any atom is 0.312 e. The summed E-state index contributed by atoms with van der Waals surface area (Å²) in [5.74, 6) is -1.07. The second kappa shape index (κ2) is 2.75. The third kappa shape index (κ3) is 1.01. The Morgan fingerprint density at radius 1 is 1.12 bits per heavy atom. The third-order valence-electron chi connectivity index (χ3n) is 2.44. The highest BCUT2D eigenvalue weighted by molar-refractivity contribution is 6.18. The Balaban J connectivity index is 2.44. The van der Waals surface area contributed by atoms with Gasteiger partial charge in [0.1, 0.15) is 11.4 Å². The number of aromatic nitrogens is 1. The molecule has 2 heterocycles. The quantitative estimate of drug-likeness (QED) is 0.698. The molecule has 2 amide bonds. The minimum atomic E-state index is -0.578. The summed E-state index contributed by atoms with van der Waals surface area (Å²) in [6.45, 7) is 0. The molecule has 0 unspecified atom stereocenters. The lowest BCUT2D eigenvalue weighted by atomic mass is 10.1. The second-order valence-corrected chi connectivity index (χ2v) is 3.42. The van der Waals surface area contributed by atoms with Crippen molar-refractivity contribution in [2.75, 3.05) is 0 Å². The summed E-state index contributed by atoms with van der Waals surface area (Å²) in [5.41, 5.74) is 0.856. The van der Waals surface area contributed by atoms with E-state index in [0.29, 0.717) is 10.9 Å². The Morgan fingerprint density at radius 2 is 1.88 bits per heavy atom. The maximum atomic E-state index is 11.5. The molecule has 1 aromatic carbocycles. The number of carbonyl (C=O) groups is 2. The van der Waals surface area contributed by atoms with Gasteiger partial charge in [0.05, 0.1) is 11.1 Å². The van der Waals surface area contributed by atoms with E-state index >= 15 is 0 Å². The molecule has 0 aliphatic carbocycles. The SMILES string of the molecule is O=C1N=NC(=O)c2c1[nH]c1cc(O)ccc21. The van der Waals surface area contributed by atoms with Crippen LogP contribution in [0.3, 0.4) is 0 Å². The van der Waals surface area contributed by atoms with Crippen molar-refractivity contribution in [1.82, 2.24) is 4.98 Å². The van der Waals surface area contributed by atoms with Crippen LogP contribution in [0.2, 0.25) is 0 Å². The van der Waals surface area contributed by atoms with E-state index in [4.69, 9.17) is 0 Å². The molecule has 1 aromatic heterocycles. The van der Waals surface area contributed by atoms with Gasteiger partial charge in [-0.05, 0) is 12.1 Å². The van der Waals surface area contributed by atoms with E-state index in [0.717, 1.165) is 0 Å². The third-order valence-corrected chi connectivity index (χ3v) is 2.44. The number of phenols is 1. The van der Waals surface area contributed by atoms with Gasteiger partial charge in [0.15, 0.2) is 0 Å². The van der Waals surface area contributed by atoms with Crippen molar-refractivity contribution in [3.05, 3.63) is 29.5 Å². The van der Waals surface area contributed by atoms with E-state index < -0.39 is 11.8 Å². The molecule has 16 heavy (non-hydrogen) atoms. The first kappa shape index (κ1) is 8.78. The largest absolute Gasteiger partial charge is 0.508 e. The summed E-state index contributed by atoms with van der Waals surface area (Å²) in [6.07, 6.45) is 0. The zero-order chi connectivity index (χ0) is 11.3. The lowest BCUT2D eigenvalue weighted by Crippen LogP contribution is -2.09. The maximum absolute atomic E-state index is 11.5. The zero-order valence-electron chi connectivity index (χ0n) is 7.89. The van der Waals surface area contributed by atoms with Crippen LogP contribution in [0.25, 0.3) is 10.9 Å². The van der Waals surface area contributed by atoms with Crippen molar-refractivity contribution in [3.63, 3.8) is 0 Å². The van der Waals surface area contributed by atoms with Crippen LogP contribution in [0.15, 0.2) is 28.4 Å². The summed E-state index contributed by atoms with van der Waals surface area (Å²) in [7, 11) is 0. The molecular formula is C10H5N3O3. The van der Waals surface area contributed by atoms with Gasteiger partial charge in [-0.1, -0.05) is 0 Å². The molecule has 2 N–H and O–H groups in total. The summed E-state index contributed by atoms with van der Waals surface area (Å²) >= 11 is 0. The second-order valence-electron chi connectivity index (χ2n) is 3.42. The molecule has 3 rings (SSSR count). The lowest BCUT2D eigenvalue weighted by Gasteiger charge is -1.99. The van der Waals surface area contributed by atoms with Crippen LogP contribution in [-0.2, 0) is 0 Å². The first-order chi connectivity index (χ1) is 7.66. The Labute approximate surface area is 88.6 Å². The van der Waals surface area contributed by atoms with E-state index in [1.165, 1.54) is 12.1 Å². The van der Waals surface area contributed by atoms with E-state index in [1.54, 1.807) is 6.07 Å². The van der Waals surface area contributed by atoms with E-state index in [-0.39, 0.29) is 17.0 Å². The van der Waals surface area contributed by atoms with Crippen molar-refractivity contribution in [2.24, 2.45) is 10.2 Å². The van der Waals surface area contributed by atoms with Gasteiger partial charge in [0.2, 0.25) is 0 Å². The number of nitrogens with zero attached hydrogens (tertiary/aromatic N) is 2. The predicted molar refractivity (Wildman–Crippen MR) is 53.5 cm³/mol. The van der Waals surface area contributed by atoms with Gasteiger partial charge in [-0.2, -0.15) is 0 Å². The molecule has 0 saturated heterocycles. The molecule has 0 atom stereocenters. The van der Waals surface area contributed by atoms with Gasteiger partial charge in [-0.15, -0.1) is 10.2 Å². The van der Waals surface area contributed by atoms with Gasteiger partial charge in [0.25, 0.3) is 5.91 Å². The molecule has 78 valence electrons. The number of fused-ring (bicyclic) bond motifs is 3. The lowest BCUT2D eigenvalue weighted by molar-refractivity contribution is 0.0919.